The van der Waals surface area contributed by atoms with Crippen molar-refractivity contribution in [3.8, 4) is 11.5 Å². The van der Waals surface area contributed by atoms with Gasteiger partial charge in [-0.1, -0.05) is 30.3 Å². The third-order valence-electron chi connectivity index (χ3n) is 3.54. The van der Waals surface area contributed by atoms with Crippen molar-refractivity contribution in [2.24, 2.45) is 4.99 Å². The lowest BCUT2D eigenvalue weighted by atomic mass is 10.1. The van der Waals surface area contributed by atoms with Gasteiger partial charge in [0.15, 0.2) is 0 Å². The van der Waals surface area contributed by atoms with Gasteiger partial charge in [-0.3, -0.25) is 4.99 Å². The van der Waals surface area contributed by atoms with Gasteiger partial charge in [0.2, 0.25) is 0 Å². The van der Waals surface area contributed by atoms with Crippen molar-refractivity contribution in [1.29, 1.82) is 0 Å². The first-order valence-electron chi connectivity index (χ1n) is 7.80. The average molecular weight is 331 g/mol. The molecule has 0 atom stereocenters. The zero-order valence-electron chi connectivity index (χ0n) is 13.8. The van der Waals surface area contributed by atoms with E-state index < -0.39 is 5.97 Å². The second kappa shape index (κ2) is 7.93. The zero-order valence-corrected chi connectivity index (χ0v) is 13.8. The summed E-state index contributed by atoms with van der Waals surface area (Å²) in [5, 5.41) is 0. The molecule has 0 saturated heterocycles. The van der Waals surface area contributed by atoms with Crippen LogP contribution in [0.3, 0.4) is 0 Å². The predicted octanol–water partition coefficient (Wildman–Crippen LogP) is 4.67. The van der Waals surface area contributed by atoms with Crippen LogP contribution in [0.15, 0.2) is 83.9 Å². The Morgan fingerprint density at radius 3 is 2.12 bits per heavy atom. The van der Waals surface area contributed by atoms with Crippen molar-refractivity contribution < 1.29 is 14.3 Å². The average Bonchev–Trinajstić information content (AvgIpc) is 2.68. The summed E-state index contributed by atoms with van der Waals surface area (Å²) in [7, 11) is 1.59. The standard InChI is InChI=1S/C21H17NO3/c1-24-19-11-13-20(14-12-19)25-21(23)17-9-7-16(8-10-17)15-22-18-5-3-2-4-6-18/h2-15H,1H3. The van der Waals surface area contributed by atoms with E-state index in [1.54, 1.807) is 49.7 Å². The Kier molecular flexibility index (Phi) is 5.22. The summed E-state index contributed by atoms with van der Waals surface area (Å²) in [6.07, 6.45) is 1.76. The predicted molar refractivity (Wildman–Crippen MR) is 98.1 cm³/mol. The van der Waals surface area contributed by atoms with Gasteiger partial charge in [-0.05, 0) is 54.1 Å². The molecule has 0 fully saturated rings. The van der Waals surface area contributed by atoms with Crippen LogP contribution in [-0.2, 0) is 0 Å². The van der Waals surface area contributed by atoms with Gasteiger partial charge in [0.05, 0.1) is 18.4 Å². The second-order valence-corrected chi connectivity index (χ2v) is 5.28. The fourth-order valence-corrected chi connectivity index (χ4v) is 2.18. The van der Waals surface area contributed by atoms with Gasteiger partial charge in [-0.2, -0.15) is 0 Å². The molecule has 124 valence electrons. The molecule has 3 aromatic rings. The molecule has 4 nitrogen and oxygen atoms in total. The largest absolute Gasteiger partial charge is 0.497 e. The van der Waals surface area contributed by atoms with E-state index in [-0.39, 0.29) is 0 Å². The summed E-state index contributed by atoms with van der Waals surface area (Å²) in [5.41, 5.74) is 2.27. The second-order valence-electron chi connectivity index (χ2n) is 5.28. The summed E-state index contributed by atoms with van der Waals surface area (Å²) in [6, 6.07) is 23.6. The van der Waals surface area contributed by atoms with Crippen LogP contribution < -0.4 is 9.47 Å². The minimum absolute atomic E-state index is 0.406. The van der Waals surface area contributed by atoms with Gasteiger partial charge in [0.1, 0.15) is 11.5 Å². The molecule has 4 heteroatoms. The third-order valence-corrected chi connectivity index (χ3v) is 3.54. The molecule has 0 aliphatic carbocycles. The van der Waals surface area contributed by atoms with Crippen LogP contribution in [0.1, 0.15) is 15.9 Å². The highest BCUT2D eigenvalue weighted by atomic mass is 16.5. The number of esters is 1. The molecule has 0 N–H and O–H groups in total. The minimum atomic E-state index is -0.406. The highest BCUT2D eigenvalue weighted by molar-refractivity contribution is 5.92. The number of hydrogen-bond acceptors (Lipinski definition) is 4. The molecule has 0 spiro atoms. The number of ether oxygens (including phenoxy) is 2. The Balaban J connectivity index is 1.64. The Hall–Kier alpha value is -3.40. The highest BCUT2D eigenvalue weighted by Gasteiger charge is 2.08. The summed E-state index contributed by atoms with van der Waals surface area (Å²) >= 11 is 0. The number of para-hydroxylation sites is 1. The number of benzene rings is 3. The topological polar surface area (TPSA) is 47.9 Å². The summed E-state index contributed by atoms with van der Waals surface area (Å²) in [6.45, 7) is 0. The van der Waals surface area contributed by atoms with E-state index in [4.69, 9.17) is 9.47 Å². The molecular weight excluding hydrogens is 314 g/mol. The lowest BCUT2D eigenvalue weighted by Gasteiger charge is -2.05. The fraction of sp³-hybridized carbons (Fsp3) is 0.0476. The van der Waals surface area contributed by atoms with Gasteiger partial charge in [-0.15, -0.1) is 0 Å². The van der Waals surface area contributed by atoms with Gasteiger partial charge < -0.3 is 9.47 Å². The van der Waals surface area contributed by atoms with Crippen molar-refractivity contribution in [2.75, 3.05) is 7.11 Å². The summed E-state index contributed by atoms with van der Waals surface area (Å²) in [4.78, 5) is 16.6. The zero-order chi connectivity index (χ0) is 17.5. The van der Waals surface area contributed by atoms with Crippen LogP contribution in [0.2, 0.25) is 0 Å². The summed E-state index contributed by atoms with van der Waals surface area (Å²) in [5.74, 6) is 0.777. The molecule has 0 radical (unpaired) electrons. The van der Waals surface area contributed by atoms with E-state index in [1.807, 2.05) is 42.5 Å². The van der Waals surface area contributed by atoms with Crippen LogP contribution in [0.25, 0.3) is 0 Å². The molecule has 0 unspecified atom stereocenters. The van der Waals surface area contributed by atoms with Crippen molar-refractivity contribution >= 4 is 17.9 Å². The van der Waals surface area contributed by atoms with E-state index in [2.05, 4.69) is 4.99 Å². The number of carbonyl (C=O) groups is 1. The van der Waals surface area contributed by atoms with Gasteiger partial charge in [0.25, 0.3) is 0 Å². The van der Waals surface area contributed by atoms with E-state index in [0.29, 0.717) is 17.1 Å². The van der Waals surface area contributed by atoms with Crippen molar-refractivity contribution in [3.05, 3.63) is 90.0 Å². The van der Waals surface area contributed by atoms with Crippen LogP contribution in [-0.4, -0.2) is 19.3 Å². The minimum Gasteiger partial charge on any atom is -0.497 e. The molecule has 25 heavy (non-hydrogen) atoms. The molecule has 0 amide bonds. The molecule has 0 bridgehead atoms. The lowest BCUT2D eigenvalue weighted by Crippen LogP contribution is -2.08. The summed E-state index contributed by atoms with van der Waals surface area (Å²) < 4.78 is 10.4. The smallest absolute Gasteiger partial charge is 0.343 e. The normalized spacial score (nSPS) is 10.6. The van der Waals surface area contributed by atoms with E-state index in [0.717, 1.165) is 11.3 Å². The van der Waals surface area contributed by atoms with Crippen LogP contribution in [0.4, 0.5) is 5.69 Å². The molecule has 3 rings (SSSR count). The number of rotatable bonds is 5. The van der Waals surface area contributed by atoms with E-state index in [1.165, 1.54) is 0 Å². The Morgan fingerprint density at radius 1 is 0.840 bits per heavy atom. The fourth-order valence-electron chi connectivity index (χ4n) is 2.18. The molecule has 0 aromatic heterocycles. The first-order chi connectivity index (χ1) is 12.2. The van der Waals surface area contributed by atoms with Gasteiger partial charge >= 0.3 is 5.97 Å². The number of methoxy groups -OCH3 is 1. The van der Waals surface area contributed by atoms with E-state index >= 15 is 0 Å². The lowest BCUT2D eigenvalue weighted by molar-refractivity contribution is 0.0734. The first-order valence-corrected chi connectivity index (χ1v) is 7.80. The maximum atomic E-state index is 12.2. The number of nitrogens with zero attached hydrogens (tertiary/aromatic N) is 1. The molecule has 0 heterocycles. The van der Waals surface area contributed by atoms with E-state index in [9.17, 15) is 4.79 Å². The maximum absolute atomic E-state index is 12.2. The molecule has 0 saturated carbocycles. The monoisotopic (exact) mass is 331 g/mol. The quantitative estimate of drug-likeness (QED) is 0.388. The van der Waals surface area contributed by atoms with Crippen LogP contribution in [0.5, 0.6) is 11.5 Å². The highest BCUT2D eigenvalue weighted by Crippen LogP contribution is 2.18. The molecule has 0 aliphatic rings. The van der Waals surface area contributed by atoms with Crippen LogP contribution in [0, 0.1) is 0 Å². The maximum Gasteiger partial charge on any atom is 0.343 e. The molecule has 0 aliphatic heterocycles. The number of hydrogen-bond donors (Lipinski definition) is 0. The molecule has 3 aromatic carbocycles. The van der Waals surface area contributed by atoms with Crippen molar-refractivity contribution in [2.45, 2.75) is 0 Å². The van der Waals surface area contributed by atoms with Crippen molar-refractivity contribution in [1.82, 2.24) is 0 Å². The van der Waals surface area contributed by atoms with Gasteiger partial charge in [0, 0.05) is 6.21 Å². The number of aliphatic imine (C=N–C) groups is 1. The first kappa shape index (κ1) is 16.5. The van der Waals surface area contributed by atoms with Gasteiger partial charge in [-0.25, -0.2) is 4.79 Å². The van der Waals surface area contributed by atoms with Crippen LogP contribution >= 0.6 is 0 Å². The molecular formula is C21H17NO3. The SMILES string of the molecule is COc1ccc(OC(=O)c2ccc(C=Nc3ccccc3)cc2)cc1. The Bertz CT molecular complexity index is 854. The Morgan fingerprint density at radius 2 is 1.48 bits per heavy atom. The Labute approximate surface area is 146 Å². The third kappa shape index (κ3) is 4.54. The van der Waals surface area contributed by atoms with Crippen molar-refractivity contribution in [3.63, 3.8) is 0 Å². The number of carbonyl (C=O) groups excluding carboxylic acids is 1.